The van der Waals surface area contributed by atoms with Gasteiger partial charge in [-0.05, 0) is 42.4 Å². The van der Waals surface area contributed by atoms with Crippen LogP contribution in [0.2, 0.25) is 0 Å². The zero-order chi connectivity index (χ0) is 12.7. The molecule has 2 aliphatic carbocycles. The fraction of sp³-hybridized carbons (Fsp3) is 0.533. The average molecular weight is 244 g/mol. The molecule has 0 heterocycles. The van der Waals surface area contributed by atoms with Crippen LogP contribution in [0.25, 0.3) is 0 Å². The maximum Gasteiger partial charge on any atom is 0.226 e. The van der Waals surface area contributed by atoms with Crippen molar-refractivity contribution in [1.29, 1.82) is 0 Å². The lowest BCUT2D eigenvalue weighted by molar-refractivity contribution is -0.132. The minimum absolute atomic E-state index is 0.324. The molecule has 1 amide bonds. The number of rotatable bonds is 3. The average Bonchev–Trinajstić information content (AvgIpc) is 2.80. The summed E-state index contributed by atoms with van der Waals surface area (Å²) in [7, 11) is 1.90. The summed E-state index contributed by atoms with van der Waals surface area (Å²) in [5.74, 6) is 2.04. The zero-order valence-corrected chi connectivity index (χ0v) is 10.8. The molecule has 0 bridgehead atoms. The molecule has 2 N–H and O–H groups in total. The van der Waals surface area contributed by atoms with Crippen LogP contribution in [0.1, 0.15) is 24.8 Å². The van der Waals surface area contributed by atoms with E-state index in [9.17, 15) is 4.79 Å². The number of nitrogen functional groups attached to an aromatic ring is 1. The standard InChI is InChI=1S/C15H20N2O/c1-17(9-10-4-2-5-11(16)8-10)15(18)14-12-6-3-7-13(12)14/h2,4-5,8,12-14H,3,6-7,9,16H2,1H3. The van der Waals surface area contributed by atoms with Gasteiger partial charge in [-0.15, -0.1) is 0 Å². The number of amides is 1. The Hall–Kier alpha value is -1.51. The van der Waals surface area contributed by atoms with E-state index < -0.39 is 0 Å². The Bertz CT molecular complexity index is 461. The van der Waals surface area contributed by atoms with E-state index in [1.54, 1.807) is 0 Å². The molecule has 2 unspecified atom stereocenters. The van der Waals surface area contributed by atoms with Gasteiger partial charge in [0.05, 0.1) is 0 Å². The van der Waals surface area contributed by atoms with Gasteiger partial charge in [-0.1, -0.05) is 18.6 Å². The molecule has 3 nitrogen and oxygen atoms in total. The molecule has 3 rings (SSSR count). The van der Waals surface area contributed by atoms with Crippen LogP contribution in [0.15, 0.2) is 24.3 Å². The highest BCUT2D eigenvalue weighted by molar-refractivity contribution is 5.82. The van der Waals surface area contributed by atoms with Crippen LogP contribution >= 0.6 is 0 Å². The number of hydrogen-bond acceptors (Lipinski definition) is 2. The second-order valence-corrected chi connectivity index (χ2v) is 5.72. The predicted molar refractivity (Wildman–Crippen MR) is 71.6 cm³/mol. The first-order chi connectivity index (χ1) is 8.66. The van der Waals surface area contributed by atoms with Gasteiger partial charge < -0.3 is 10.6 Å². The lowest BCUT2D eigenvalue weighted by Crippen LogP contribution is -2.29. The molecule has 2 saturated carbocycles. The normalized spacial score (nSPS) is 28.8. The molecule has 18 heavy (non-hydrogen) atoms. The summed E-state index contributed by atoms with van der Waals surface area (Å²) in [4.78, 5) is 14.2. The summed E-state index contributed by atoms with van der Waals surface area (Å²) < 4.78 is 0. The SMILES string of the molecule is CN(Cc1cccc(N)c1)C(=O)C1C2CCCC21. The Kier molecular flexibility index (Phi) is 2.77. The van der Waals surface area contributed by atoms with Crippen LogP contribution in [-0.2, 0) is 11.3 Å². The first-order valence-corrected chi connectivity index (χ1v) is 6.76. The Morgan fingerprint density at radius 1 is 1.39 bits per heavy atom. The van der Waals surface area contributed by atoms with Gasteiger partial charge in [0.15, 0.2) is 0 Å². The molecule has 0 aromatic heterocycles. The van der Waals surface area contributed by atoms with Gasteiger partial charge in [0.25, 0.3) is 0 Å². The summed E-state index contributed by atoms with van der Waals surface area (Å²) in [5.41, 5.74) is 7.62. The molecule has 0 aliphatic heterocycles. The molecule has 2 atom stereocenters. The van der Waals surface area contributed by atoms with Crippen molar-refractivity contribution < 1.29 is 4.79 Å². The molecular weight excluding hydrogens is 224 g/mol. The fourth-order valence-electron chi connectivity index (χ4n) is 3.49. The molecule has 2 aliphatic rings. The second kappa shape index (κ2) is 4.30. The number of hydrogen-bond donors (Lipinski definition) is 1. The van der Waals surface area contributed by atoms with Crippen molar-refractivity contribution in [2.75, 3.05) is 12.8 Å². The number of benzene rings is 1. The molecule has 96 valence electrons. The molecule has 1 aromatic rings. The van der Waals surface area contributed by atoms with Crippen LogP contribution in [0.5, 0.6) is 0 Å². The van der Waals surface area contributed by atoms with Gasteiger partial charge in [-0.3, -0.25) is 4.79 Å². The van der Waals surface area contributed by atoms with E-state index in [4.69, 9.17) is 5.73 Å². The smallest absolute Gasteiger partial charge is 0.226 e. The highest BCUT2D eigenvalue weighted by Crippen LogP contribution is 2.58. The zero-order valence-electron chi connectivity index (χ0n) is 10.8. The van der Waals surface area contributed by atoms with E-state index in [0.29, 0.717) is 30.2 Å². The lowest BCUT2D eigenvalue weighted by Gasteiger charge is -2.18. The van der Waals surface area contributed by atoms with Crippen LogP contribution in [0.4, 0.5) is 5.69 Å². The number of anilines is 1. The highest BCUT2D eigenvalue weighted by atomic mass is 16.2. The number of fused-ring (bicyclic) bond motifs is 1. The first-order valence-electron chi connectivity index (χ1n) is 6.76. The van der Waals surface area contributed by atoms with Gasteiger partial charge >= 0.3 is 0 Å². The quantitative estimate of drug-likeness (QED) is 0.829. The predicted octanol–water partition coefficient (Wildman–Crippen LogP) is 2.27. The minimum Gasteiger partial charge on any atom is -0.399 e. The Morgan fingerprint density at radius 3 is 2.78 bits per heavy atom. The van der Waals surface area contributed by atoms with Crippen molar-refractivity contribution in [1.82, 2.24) is 4.90 Å². The fourth-order valence-corrected chi connectivity index (χ4v) is 3.49. The number of carbonyl (C=O) groups is 1. The van der Waals surface area contributed by atoms with Crippen LogP contribution in [0.3, 0.4) is 0 Å². The molecule has 0 radical (unpaired) electrons. The molecule has 2 fully saturated rings. The largest absolute Gasteiger partial charge is 0.399 e. The van der Waals surface area contributed by atoms with Crippen molar-refractivity contribution in [2.45, 2.75) is 25.8 Å². The first kappa shape index (κ1) is 11.6. The third kappa shape index (κ3) is 1.98. The molecule has 3 heteroatoms. The lowest BCUT2D eigenvalue weighted by atomic mass is 10.1. The topological polar surface area (TPSA) is 46.3 Å². The van der Waals surface area contributed by atoms with Crippen molar-refractivity contribution in [3.8, 4) is 0 Å². The number of carbonyl (C=O) groups excluding carboxylic acids is 1. The summed E-state index contributed by atoms with van der Waals surface area (Å²) in [6.07, 6.45) is 3.83. The van der Waals surface area contributed by atoms with Gasteiger partial charge in [0, 0.05) is 25.2 Å². The van der Waals surface area contributed by atoms with E-state index in [0.717, 1.165) is 11.3 Å². The molecule has 1 aromatic carbocycles. The van der Waals surface area contributed by atoms with Crippen LogP contribution in [0, 0.1) is 17.8 Å². The Labute approximate surface area is 108 Å². The van der Waals surface area contributed by atoms with E-state index in [2.05, 4.69) is 0 Å². The molecular formula is C15H20N2O. The van der Waals surface area contributed by atoms with Crippen LogP contribution < -0.4 is 5.73 Å². The van der Waals surface area contributed by atoms with E-state index in [1.807, 2.05) is 36.2 Å². The van der Waals surface area contributed by atoms with Crippen molar-refractivity contribution >= 4 is 11.6 Å². The van der Waals surface area contributed by atoms with Crippen LogP contribution in [-0.4, -0.2) is 17.9 Å². The minimum atomic E-state index is 0.324. The third-order valence-electron chi connectivity index (χ3n) is 4.44. The Morgan fingerprint density at radius 2 is 2.11 bits per heavy atom. The molecule has 0 spiro atoms. The monoisotopic (exact) mass is 244 g/mol. The summed E-state index contributed by atoms with van der Waals surface area (Å²) in [5, 5.41) is 0. The number of nitrogens with zero attached hydrogens (tertiary/aromatic N) is 1. The van der Waals surface area contributed by atoms with Gasteiger partial charge in [0.2, 0.25) is 5.91 Å². The number of nitrogens with two attached hydrogens (primary N) is 1. The third-order valence-corrected chi connectivity index (χ3v) is 4.44. The second-order valence-electron chi connectivity index (χ2n) is 5.72. The van der Waals surface area contributed by atoms with Gasteiger partial charge in [-0.25, -0.2) is 0 Å². The summed E-state index contributed by atoms with van der Waals surface area (Å²) in [6, 6.07) is 7.77. The maximum atomic E-state index is 12.3. The van der Waals surface area contributed by atoms with Crippen molar-refractivity contribution in [3.63, 3.8) is 0 Å². The Balaban J connectivity index is 1.61. The van der Waals surface area contributed by atoms with Crippen molar-refractivity contribution in [2.24, 2.45) is 17.8 Å². The van der Waals surface area contributed by atoms with Gasteiger partial charge in [-0.2, -0.15) is 0 Å². The maximum absolute atomic E-state index is 12.3. The highest BCUT2D eigenvalue weighted by Gasteiger charge is 2.57. The summed E-state index contributed by atoms with van der Waals surface area (Å²) >= 11 is 0. The van der Waals surface area contributed by atoms with E-state index >= 15 is 0 Å². The van der Waals surface area contributed by atoms with Gasteiger partial charge in [0.1, 0.15) is 0 Å². The van der Waals surface area contributed by atoms with Crippen molar-refractivity contribution in [3.05, 3.63) is 29.8 Å². The van der Waals surface area contributed by atoms with E-state index in [1.165, 1.54) is 19.3 Å². The summed E-state index contributed by atoms with van der Waals surface area (Å²) in [6.45, 7) is 0.666. The molecule has 0 saturated heterocycles. The van der Waals surface area contributed by atoms with E-state index in [-0.39, 0.29) is 0 Å².